The fraction of sp³-hybridized carbons (Fsp3) is 0.500. The smallest absolute Gasteiger partial charge is 0.485 e. The molecule has 2 heterocycles. The number of imidazole rings is 2. The topological polar surface area (TPSA) is 132 Å². The van der Waals surface area contributed by atoms with Crippen molar-refractivity contribution in [3.63, 3.8) is 0 Å². The lowest BCUT2D eigenvalue weighted by Crippen LogP contribution is -2.29. The maximum atomic E-state index is 10.7. The summed E-state index contributed by atoms with van der Waals surface area (Å²) in [5.41, 5.74) is -11.3. The molecule has 0 aliphatic rings. The van der Waals surface area contributed by atoms with E-state index in [1.807, 2.05) is 0 Å². The summed E-state index contributed by atoms with van der Waals surface area (Å²) in [6, 6.07) is 0. The minimum Gasteiger partial charge on any atom is -0.741 e. The van der Waals surface area contributed by atoms with Crippen molar-refractivity contribution >= 4 is 41.8 Å². The van der Waals surface area contributed by atoms with E-state index in [1.165, 1.54) is 10.3 Å². The molecule has 2 aromatic rings. The van der Waals surface area contributed by atoms with Crippen LogP contribution in [0.25, 0.3) is 0 Å². The molecular formula is C12H16F6N4O6S4. The number of nitrogens with zero attached hydrogens (tertiary/aromatic N) is 4. The number of rotatable bonds is 3. The Hall–Kier alpha value is -1.48. The second kappa shape index (κ2) is 11.1. The summed E-state index contributed by atoms with van der Waals surface area (Å²) in [7, 11) is -0.392. The van der Waals surface area contributed by atoms with Crippen LogP contribution in [0.4, 0.5) is 26.3 Å². The summed E-state index contributed by atoms with van der Waals surface area (Å²) in [6.07, 6.45) is 8.25. The molecule has 32 heavy (non-hydrogen) atoms. The maximum absolute atomic E-state index is 10.7. The largest absolute Gasteiger partial charge is 0.741 e. The quantitative estimate of drug-likeness (QED) is 0.180. The summed E-state index contributed by atoms with van der Waals surface area (Å²) in [5, 5.41) is 2.46. The highest BCUT2D eigenvalue weighted by atomic mass is 33.1. The number of halogens is 6. The van der Waals surface area contributed by atoms with Gasteiger partial charge in [-0.25, -0.2) is 35.1 Å². The zero-order valence-corrected chi connectivity index (χ0v) is 19.7. The van der Waals surface area contributed by atoms with Gasteiger partial charge >= 0.3 is 21.3 Å². The molecule has 0 unspecified atom stereocenters. The third kappa shape index (κ3) is 9.57. The molecular weight excluding hydrogens is 538 g/mol. The normalized spacial score (nSPS) is 12.5. The van der Waals surface area contributed by atoms with Crippen LogP contribution in [0.15, 0.2) is 35.1 Å². The van der Waals surface area contributed by atoms with Crippen molar-refractivity contribution in [1.29, 1.82) is 0 Å². The van der Waals surface area contributed by atoms with Crippen molar-refractivity contribution in [1.82, 2.24) is 9.13 Å². The zero-order valence-electron chi connectivity index (χ0n) is 16.4. The minimum absolute atomic E-state index is 1.23. The lowest BCUT2D eigenvalue weighted by atomic mass is 10.9. The standard InChI is InChI=1S/C10H16N4S2.2CHF3O3S/c1-11-5-6-12(2)9(11)15-16-10-13(3)7-8-14(10)4;2*2-1(3,4)8(5,6)7/h5-8H,1-4H3;2*(H,5,6,7)/q+2;;/p-2. The fourth-order valence-electron chi connectivity index (χ4n) is 1.46. The van der Waals surface area contributed by atoms with E-state index in [1.54, 1.807) is 21.6 Å². The number of alkyl halides is 6. The average molecular weight is 555 g/mol. The monoisotopic (exact) mass is 554 g/mol. The van der Waals surface area contributed by atoms with E-state index >= 15 is 0 Å². The second-order valence-corrected chi connectivity index (χ2v) is 10.4. The van der Waals surface area contributed by atoms with Gasteiger partial charge in [-0.2, -0.15) is 26.3 Å². The van der Waals surface area contributed by atoms with Gasteiger partial charge in [-0.1, -0.05) is 0 Å². The Kier molecular flexibility index (Phi) is 10.6. The van der Waals surface area contributed by atoms with Gasteiger partial charge in [0.2, 0.25) is 0 Å². The summed E-state index contributed by atoms with van der Waals surface area (Å²) in [5.74, 6) is 0. The van der Waals surface area contributed by atoms with Crippen LogP contribution in [-0.4, -0.2) is 46.1 Å². The molecule has 0 saturated heterocycles. The second-order valence-electron chi connectivity index (χ2n) is 5.57. The Morgan fingerprint density at radius 3 is 1.09 bits per heavy atom. The molecule has 2 rings (SSSR count). The van der Waals surface area contributed by atoms with E-state index in [4.69, 9.17) is 25.9 Å². The third-order valence-corrected chi connectivity index (χ3v) is 6.80. The van der Waals surface area contributed by atoms with E-state index in [9.17, 15) is 26.3 Å². The molecule has 0 saturated carbocycles. The van der Waals surface area contributed by atoms with Crippen molar-refractivity contribution < 1.29 is 61.4 Å². The van der Waals surface area contributed by atoms with Crippen LogP contribution in [0.1, 0.15) is 0 Å². The molecule has 0 N–H and O–H groups in total. The summed E-state index contributed by atoms with van der Waals surface area (Å²) in [6.45, 7) is 0. The van der Waals surface area contributed by atoms with Crippen molar-refractivity contribution in [3.05, 3.63) is 24.8 Å². The van der Waals surface area contributed by atoms with Gasteiger partial charge in [0, 0.05) is 21.6 Å². The van der Waals surface area contributed by atoms with Crippen LogP contribution < -0.4 is 9.13 Å². The van der Waals surface area contributed by atoms with Crippen molar-refractivity contribution in [2.24, 2.45) is 28.2 Å². The number of hydrogen-bond donors (Lipinski definition) is 0. The lowest BCUT2D eigenvalue weighted by Gasteiger charge is -2.08. The predicted molar refractivity (Wildman–Crippen MR) is 96.4 cm³/mol. The van der Waals surface area contributed by atoms with Gasteiger partial charge in [-0.15, -0.1) is 0 Å². The highest BCUT2D eigenvalue weighted by Crippen LogP contribution is 2.33. The first-order valence-electron chi connectivity index (χ1n) is 7.50. The van der Waals surface area contributed by atoms with Crippen molar-refractivity contribution in [2.75, 3.05) is 0 Å². The molecule has 0 radical (unpaired) electrons. The minimum atomic E-state index is -6.09. The average Bonchev–Trinajstić information content (AvgIpc) is 3.05. The number of aryl methyl sites for hydroxylation is 4. The lowest BCUT2D eigenvalue weighted by molar-refractivity contribution is -0.710. The highest BCUT2D eigenvalue weighted by molar-refractivity contribution is 8.76. The first-order valence-corrected chi connectivity index (χ1v) is 12.5. The van der Waals surface area contributed by atoms with E-state index in [0.717, 1.165) is 0 Å². The van der Waals surface area contributed by atoms with Crippen LogP contribution in [0.5, 0.6) is 0 Å². The van der Waals surface area contributed by atoms with Gasteiger partial charge in [-0.05, 0) is 0 Å². The Balaban J connectivity index is 0.000000510. The molecule has 2 aromatic heterocycles. The summed E-state index contributed by atoms with van der Waals surface area (Å²) < 4.78 is 126. The van der Waals surface area contributed by atoms with Gasteiger partial charge in [-0.3, -0.25) is 0 Å². The van der Waals surface area contributed by atoms with Crippen LogP contribution in [0.3, 0.4) is 0 Å². The first-order chi connectivity index (χ1) is 14.1. The molecule has 0 aliphatic heterocycles. The SMILES string of the molecule is Cn1cc[n+](C)c1SSc1n(C)cc[n+]1C.O=S(=O)([O-])C(F)(F)F.O=S(=O)([O-])C(F)(F)F. The van der Waals surface area contributed by atoms with Crippen molar-refractivity contribution in [2.45, 2.75) is 21.3 Å². The Bertz CT molecular complexity index is 981. The molecule has 20 heteroatoms. The molecule has 10 nitrogen and oxygen atoms in total. The highest BCUT2D eigenvalue weighted by Gasteiger charge is 2.37. The molecule has 0 atom stereocenters. The van der Waals surface area contributed by atoms with Gasteiger partial charge in [0.15, 0.2) is 20.2 Å². The maximum Gasteiger partial charge on any atom is 0.485 e. The zero-order chi connectivity index (χ0) is 25.7. The molecule has 0 fully saturated rings. The van der Waals surface area contributed by atoms with Gasteiger partial charge < -0.3 is 9.11 Å². The summed E-state index contributed by atoms with van der Waals surface area (Å²) in [4.78, 5) is 0. The van der Waals surface area contributed by atoms with E-state index in [0.29, 0.717) is 0 Å². The summed E-state index contributed by atoms with van der Waals surface area (Å²) >= 11 is 0. The number of aromatic nitrogens is 4. The molecule has 0 aliphatic carbocycles. The van der Waals surface area contributed by atoms with Crippen LogP contribution in [0, 0.1) is 0 Å². The Morgan fingerprint density at radius 1 is 0.750 bits per heavy atom. The van der Waals surface area contributed by atoms with Crippen LogP contribution in [0.2, 0.25) is 0 Å². The third-order valence-electron chi connectivity index (χ3n) is 2.99. The van der Waals surface area contributed by atoms with Crippen LogP contribution in [-0.2, 0) is 48.4 Å². The van der Waals surface area contributed by atoms with E-state index < -0.39 is 31.3 Å². The molecule has 0 aromatic carbocycles. The Morgan fingerprint density at radius 2 is 0.969 bits per heavy atom. The van der Waals surface area contributed by atoms with Crippen molar-refractivity contribution in [3.8, 4) is 0 Å². The van der Waals surface area contributed by atoms with Gasteiger partial charge in [0.05, 0.1) is 28.2 Å². The molecule has 0 bridgehead atoms. The van der Waals surface area contributed by atoms with E-state index in [2.05, 4.69) is 71.2 Å². The molecule has 186 valence electrons. The van der Waals surface area contributed by atoms with E-state index in [-0.39, 0.29) is 0 Å². The van der Waals surface area contributed by atoms with Gasteiger partial charge in [0.1, 0.15) is 24.8 Å². The van der Waals surface area contributed by atoms with Crippen LogP contribution >= 0.6 is 21.6 Å². The molecule has 0 spiro atoms. The first kappa shape index (κ1) is 30.5. The Labute approximate surface area is 186 Å². The predicted octanol–water partition coefficient (Wildman–Crippen LogP) is 0.915. The molecule has 0 amide bonds. The number of hydrogen-bond acceptors (Lipinski definition) is 8. The fourth-order valence-corrected chi connectivity index (χ4v) is 4.18. The van der Waals surface area contributed by atoms with Gasteiger partial charge in [0.25, 0.3) is 0 Å².